The van der Waals surface area contributed by atoms with Crippen LogP contribution in [0.2, 0.25) is 0 Å². The average Bonchev–Trinajstić information content (AvgIpc) is 3.36. The molecule has 0 bridgehead atoms. The number of allylic oxidation sites excluding steroid dienone is 11. The number of amides is 1. The summed E-state index contributed by atoms with van der Waals surface area (Å²) in [6, 6.07) is -0.840. The largest absolute Gasteiger partial charge is 0.394 e. The maximum absolute atomic E-state index is 13.0. The van der Waals surface area contributed by atoms with Gasteiger partial charge in [-0.15, -0.1) is 0 Å². The van der Waals surface area contributed by atoms with Crippen molar-refractivity contribution < 1.29 is 39.8 Å². The Kier molecular flexibility index (Phi) is 47.1. The fourth-order valence-electron chi connectivity index (χ4n) is 8.84. The SMILES string of the molecule is CCCCCCC/C=C\C/C=C\C/C=C\CCCCCCCCC(=O)NC(COC1OC(CO)C(O)C(O)C1O)C(O)/C=C/CC/C=C/CC/C=C/CCCCCCCCCCCCCCCCCC. The van der Waals surface area contributed by atoms with Crippen molar-refractivity contribution in [3.8, 4) is 0 Å². The van der Waals surface area contributed by atoms with Gasteiger partial charge in [0.05, 0.1) is 25.4 Å². The lowest BCUT2D eigenvalue weighted by atomic mass is 9.99. The number of aliphatic hydroxyl groups is 5. The van der Waals surface area contributed by atoms with Crippen LogP contribution in [0.4, 0.5) is 0 Å². The van der Waals surface area contributed by atoms with Crippen LogP contribution in [0.5, 0.6) is 0 Å². The van der Waals surface area contributed by atoms with Gasteiger partial charge in [0.1, 0.15) is 24.4 Å². The number of ether oxygens (including phenoxy) is 2. The molecule has 70 heavy (non-hydrogen) atoms. The molecule has 1 aliphatic rings. The van der Waals surface area contributed by atoms with Gasteiger partial charge in [0.15, 0.2) is 6.29 Å². The lowest BCUT2D eigenvalue weighted by Crippen LogP contribution is -2.60. The second-order valence-electron chi connectivity index (χ2n) is 20.1. The van der Waals surface area contributed by atoms with Crippen LogP contribution in [0.1, 0.15) is 251 Å². The van der Waals surface area contributed by atoms with Gasteiger partial charge in [-0.2, -0.15) is 0 Å². The molecule has 406 valence electrons. The van der Waals surface area contributed by atoms with Gasteiger partial charge < -0.3 is 40.3 Å². The summed E-state index contributed by atoms with van der Waals surface area (Å²) in [5.41, 5.74) is 0. The van der Waals surface area contributed by atoms with Crippen LogP contribution in [-0.2, 0) is 14.3 Å². The van der Waals surface area contributed by atoms with Crippen LogP contribution in [0.3, 0.4) is 0 Å². The minimum atomic E-state index is -1.58. The number of aliphatic hydroxyl groups excluding tert-OH is 5. The van der Waals surface area contributed by atoms with Gasteiger partial charge in [-0.05, 0) is 83.5 Å². The molecule has 1 aliphatic heterocycles. The van der Waals surface area contributed by atoms with Crippen LogP contribution >= 0.6 is 0 Å². The van der Waals surface area contributed by atoms with E-state index >= 15 is 0 Å². The summed E-state index contributed by atoms with van der Waals surface area (Å²) in [5, 5.41) is 54.5. The molecule has 6 N–H and O–H groups in total. The van der Waals surface area contributed by atoms with E-state index < -0.39 is 49.5 Å². The van der Waals surface area contributed by atoms with E-state index in [1.165, 1.54) is 148 Å². The number of unbranched alkanes of at least 4 members (excludes halogenated alkanes) is 29. The van der Waals surface area contributed by atoms with E-state index in [4.69, 9.17) is 9.47 Å². The number of carbonyl (C=O) groups excluding carboxylic acids is 1. The van der Waals surface area contributed by atoms with Crippen molar-refractivity contribution in [1.29, 1.82) is 0 Å². The predicted octanol–water partition coefficient (Wildman–Crippen LogP) is 14.5. The van der Waals surface area contributed by atoms with Gasteiger partial charge >= 0.3 is 0 Å². The molecule has 7 atom stereocenters. The molecule has 0 saturated carbocycles. The lowest BCUT2D eigenvalue weighted by Gasteiger charge is -2.40. The van der Waals surface area contributed by atoms with E-state index in [0.29, 0.717) is 6.42 Å². The highest BCUT2D eigenvalue weighted by molar-refractivity contribution is 5.76. The zero-order chi connectivity index (χ0) is 50.8. The Hall–Kier alpha value is -2.37. The van der Waals surface area contributed by atoms with Crippen molar-refractivity contribution in [2.75, 3.05) is 13.2 Å². The molecule has 0 aromatic heterocycles. The molecule has 0 spiro atoms. The fraction of sp³-hybridized carbons (Fsp3) is 0.787. The van der Waals surface area contributed by atoms with Crippen LogP contribution in [-0.4, -0.2) is 87.5 Å². The monoisotopic (exact) mass is 984 g/mol. The molecular formula is C61H109NO8. The van der Waals surface area contributed by atoms with Gasteiger partial charge in [0, 0.05) is 6.42 Å². The molecule has 0 aromatic rings. The molecule has 9 heteroatoms. The second-order valence-corrected chi connectivity index (χ2v) is 20.1. The average molecular weight is 985 g/mol. The third-order valence-corrected chi connectivity index (χ3v) is 13.5. The smallest absolute Gasteiger partial charge is 0.220 e. The standard InChI is InChI=1S/C61H109NO8/c1-3-5-7-9-11-13-15-17-19-21-23-25-26-27-28-29-31-32-34-36-38-40-42-44-46-48-50-55(64)54(53-69-61-60(68)59(67)58(66)56(52-63)70-61)62-57(65)51-49-47-45-43-41-39-37-35-33-30-24-22-20-18-16-14-12-10-8-6-4-2/h16,18,22,24,32-35,40,42,48,50,54-56,58-61,63-64,66-68H,3-15,17,19-21,23,25-31,36-39,41,43-47,49,51-53H2,1-2H3,(H,62,65)/b18-16-,24-22-,34-32+,35-33-,42-40+,50-48+. The Morgan fingerprint density at radius 3 is 1.30 bits per heavy atom. The van der Waals surface area contributed by atoms with Gasteiger partial charge in [-0.3, -0.25) is 4.79 Å². The van der Waals surface area contributed by atoms with E-state index in [1.54, 1.807) is 6.08 Å². The second kappa shape index (κ2) is 50.2. The number of carbonyl (C=O) groups is 1. The molecule has 7 unspecified atom stereocenters. The Morgan fingerprint density at radius 1 is 0.486 bits per heavy atom. The quantitative estimate of drug-likeness (QED) is 0.0261. The number of rotatable bonds is 49. The molecular weight excluding hydrogens is 875 g/mol. The normalized spacial score (nSPS) is 19.9. The highest BCUT2D eigenvalue weighted by Gasteiger charge is 2.44. The van der Waals surface area contributed by atoms with Crippen LogP contribution < -0.4 is 5.32 Å². The van der Waals surface area contributed by atoms with Crippen LogP contribution in [0.25, 0.3) is 0 Å². The van der Waals surface area contributed by atoms with Gasteiger partial charge in [-0.25, -0.2) is 0 Å². The van der Waals surface area contributed by atoms with Crippen molar-refractivity contribution in [3.05, 3.63) is 72.9 Å². The third kappa shape index (κ3) is 39.2. The summed E-state index contributed by atoms with van der Waals surface area (Å²) in [4.78, 5) is 13.0. The summed E-state index contributed by atoms with van der Waals surface area (Å²) in [5.74, 6) is -0.204. The van der Waals surface area contributed by atoms with E-state index in [2.05, 4.69) is 79.9 Å². The highest BCUT2D eigenvalue weighted by Crippen LogP contribution is 2.23. The van der Waals surface area contributed by atoms with Gasteiger partial charge in [-0.1, -0.05) is 234 Å². The molecule has 0 aromatic carbocycles. The van der Waals surface area contributed by atoms with Gasteiger partial charge in [0.2, 0.25) is 5.91 Å². The summed E-state index contributed by atoms with van der Waals surface area (Å²) in [6.07, 6.45) is 62.5. The molecule has 0 aliphatic carbocycles. The van der Waals surface area contributed by atoms with Crippen molar-refractivity contribution in [3.63, 3.8) is 0 Å². The molecule has 9 nitrogen and oxygen atoms in total. The first-order valence-corrected chi connectivity index (χ1v) is 29.2. The van der Waals surface area contributed by atoms with E-state index in [-0.39, 0.29) is 12.5 Å². The van der Waals surface area contributed by atoms with Crippen LogP contribution in [0.15, 0.2) is 72.9 Å². The first-order valence-electron chi connectivity index (χ1n) is 29.2. The third-order valence-electron chi connectivity index (χ3n) is 13.5. The van der Waals surface area contributed by atoms with Crippen molar-refractivity contribution in [2.24, 2.45) is 0 Å². The number of hydrogen-bond acceptors (Lipinski definition) is 8. The van der Waals surface area contributed by atoms with Crippen molar-refractivity contribution in [2.45, 2.75) is 294 Å². The molecule has 1 heterocycles. The molecule has 1 amide bonds. The lowest BCUT2D eigenvalue weighted by molar-refractivity contribution is -0.302. The Morgan fingerprint density at radius 2 is 0.857 bits per heavy atom. The molecule has 1 fully saturated rings. The Bertz CT molecular complexity index is 1330. The summed E-state index contributed by atoms with van der Waals surface area (Å²) >= 11 is 0. The molecule has 1 saturated heterocycles. The molecule has 1 rings (SSSR count). The van der Waals surface area contributed by atoms with E-state index in [1.807, 2.05) is 6.08 Å². The molecule has 0 radical (unpaired) electrons. The first kappa shape index (κ1) is 65.6. The summed E-state index contributed by atoms with van der Waals surface area (Å²) in [7, 11) is 0. The van der Waals surface area contributed by atoms with Crippen molar-refractivity contribution in [1.82, 2.24) is 5.32 Å². The number of hydrogen-bond donors (Lipinski definition) is 6. The zero-order valence-electron chi connectivity index (χ0n) is 45.0. The van der Waals surface area contributed by atoms with Gasteiger partial charge in [0.25, 0.3) is 0 Å². The fourth-order valence-corrected chi connectivity index (χ4v) is 8.84. The summed E-state index contributed by atoms with van der Waals surface area (Å²) < 4.78 is 11.2. The topological polar surface area (TPSA) is 149 Å². The minimum absolute atomic E-state index is 0.204. The first-order chi connectivity index (χ1) is 34.3. The number of nitrogens with one attached hydrogen (secondary N) is 1. The van der Waals surface area contributed by atoms with E-state index in [9.17, 15) is 30.3 Å². The van der Waals surface area contributed by atoms with Crippen molar-refractivity contribution >= 4 is 5.91 Å². The minimum Gasteiger partial charge on any atom is -0.394 e. The highest BCUT2D eigenvalue weighted by atomic mass is 16.7. The summed E-state index contributed by atoms with van der Waals surface area (Å²) in [6.45, 7) is 3.75. The maximum Gasteiger partial charge on any atom is 0.220 e. The van der Waals surface area contributed by atoms with Crippen LogP contribution in [0, 0.1) is 0 Å². The van der Waals surface area contributed by atoms with E-state index in [0.717, 1.165) is 83.5 Å². The Balaban J connectivity index is 2.29. The maximum atomic E-state index is 13.0. The Labute approximate surface area is 429 Å². The zero-order valence-corrected chi connectivity index (χ0v) is 45.0. The predicted molar refractivity (Wildman–Crippen MR) is 295 cm³/mol.